The predicted octanol–water partition coefficient (Wildman–Crippen LogP) is 3.51. The van der Waals surface area contributed by atoms with Crippen LogP contribution in [0.2, 0.25) is 0 Å². The van der Waals surface area contributed by atoms with Crippen LogP contribution in [0.1, 0.15) is 11.4 Å². The first kappa shape index (κ1) is 21.7. The van der Waals surface area contributed by atoms with Gasteiger partial charge in [-0.2, -0.15) is 4.31 Å². The lowest BCUT2D eigenvalue weighted by Gasteiger charge is -2.34. The lowest BCUT2D eigenvalue weighted by molar-refractivity contribution is 0.383. The van der Waals surface area contributed by atoms with Crippen molar-refractivity contribution in [1.29, 1.82) is 0 Å². The van der Waals surface area contributed by atoms with Crippen molar-refractivity contribution in [3.8, 4) is 0 Å². The summed E-state index contributed by atoms with van der Waals surface area (Å²) in [6.07, 6.45) is 1.75. The van der Waals surface area contributed by atoms with Crippen molar-refractivity contribution in [1.82, 2.24) is 19.3 Å². The van der Waals surface area contributed by atoms with E-state index in [4.69, 9.17) is 0 Å². The third-order valence-electron chi connectivity index (χ3n) is 5.01. The number of hydrogen-bond donors (Lipinski definition) is 1. The summed E-state index contributed by atoms with van der Waals surface area (Å²) in [5, 5.41) is 3.23. The lowest BCUT2D eigenvalue weighted by Crippen LogP contribution is -2.49. The Hall–Kier alpha value is -2.56. The molecule has 1 aromatic carbocycles. The third kappa shape index (κ3) is 5.03. The molecule has 0 radical (unpaired) electrons. The lowest BCUT2D eigenvalue weighted by atomic mass is 10.3. The van der Waals surface area contributed by atoms with E-state index in [1.54, 1.807) is 30.5 Å². The molecule has 162 valence electrons. The summed E-state index contributed by atoms with van der Waals surface area (Å²) in [4.78, 5) is 15.7. The van der Waals surface area contributed by atoms with E-state index in [0.717, 1.165) is 21.7 Å². The van der Waals surface area contributed by atoms with E-state index in [-0.39, 0.29) is 0 Å². The van der Waals surface area contributed by atoms with Crippen LogP contribution in [0, 0.1) is 13.8 Å². The average Bonchev–Trinajstić information content (AvgIpc) is 2.74. The molecular formula is C21H23BrN6O2S. The number of halogens is 1. The van der Waals surface area contributed by atoms with Gasteiger partial charge in [-0.15, -0.1) is 0 Å². The summed E-state index contributed by atoms with van der Waals surface area (Å²) in [7, 11) is -3.51. The third-order valence-corrected chi connectivity index (χ3v) is 7.45. The number of anilines is 3. The molecule has 3 aromatic rings. The van der Waals surface area contributed by atoms with Gasteiger partial charge in [0.25, 0.3) is 0 Å². The predicted molar refractivity (Wildman–Crippen MR) is 124 cm³/mol. The van der Waals surface area contributed by atoms with Crippen molar-refractivity contribution >= 4 is 43.4 Å². The van der Waals surface area contributed by atoms with Gasteiger partial charge in [0, 0.05) is 42.9 Å². The van der Waals surface area contributed by atoms with Gasteiger partial charge in [0.1, 0.15) is 23.3 Å². The van der Waals surface area contributed by atoms with Crippen LogP contribution in [-0.2, 0) is 10.0 Å². The first-order valence-corrected chi connectivity index (χ1v) is 12.1. The Bertz CT molecular complexity index is 1180. The van der Waals surface area contributed by atoms with Gasteiger partial charge in [0.15, 0.2) is 0 Å². The highest BCUT2D eigenvalue weighted by Crippen LogP contribution is 2.24. The summed E-state index contributed by atoms with van der Waals surface area (Å²) in [6.45, 7) is 5.73. The smallest absolute Gasteiger partial charge is 0.243 e. The quantitative estimate of drug-likeness (QED) is 0.570. The van der Waals surface area contributed by atoms with E-state index in [0.29, 0.717) is 42.7 Å². The van der Waals surface area contributed by atoms with Crippen molar-refractivity contribution in [2.45, 2.75) is 18.7 Å². The molecule has 3 heterocycles. The minimum Gasteiger partial charge on any atom is -0.354 e. The molecule has 1 aliphatic rings. The Labute approximate surface area is 190 Å². The molecule has 1 N–H and O–H groups in total. The Balaban J connectivity index is 1.47. The minimum absolute atomic E-state index is 0.305. The number of aryl methyl sites for hydroxylation is 2. The first-order valence-electron chi connectivity index (χ1n) is 9.87. The number of piperazine rings is 1. The number of nitrogens with zero attached hydrogens (tertiary/aromatic N) is 5. The number of rotatable bonds is 5. The van der Waals surface area contributed by atoms with Crippen LogP contribution in [0.4, 0.5) is 17.5 Å². The van der Waals surface area contributed by atoms with E-state index in [1.165, 1.54) is 4.31 Å². The highest BCUT2D eigenvalue weighted by molar-refractivity contribution is 9.10. The Morgan fingerprint density at radius 2 is 1.65 bits per heavy atom. The van der Waals surface area contributed by atoms with Crippen molar-refractivity contribution < 1.29 is 8.42 Å². The fourth-order valence-electron chi connectivity index (χ4n) is 3.43. The van der Waals surface area contributed by atoms with Crippen LogP contribution < -0.4 is 10.2 Å². The monoisotopic (exact) mass is 502 g/mol. The van der Waals surface area contributed by atoms with Crippen molar-refractivity contribution in [3.63, 3.8) is 0 Å². The SMILES string of the molecule is Cc1ccnc(Nc2cc(N3CCN(S(=O)(=O)c4ccc(Br)cc4)CC3)nc(C)n2)c1. The maximum absolute atomic E-state index is 12.9. The summed E-state index contributed by atoms with van der Waals surface area (Å²) >= 11 is 3.34. The summed E-state index contributed by atoms with van der Waals surface area (Å²) in [5.41, 5.74) is 1.10. The van der Waals surface area contributed by atoms with Gasteiger partial charge in [-0.1, -0.05) is 15.9 Å². The molecule has 1 fully saturated rings. The summed E-state index contributed by atoms with van der Waals surface area (Å²) in [6, 6.07) is 12.5. The van der Waals surface area contributed by atoms with Crippen LogP contribution >= 0.6 is 15.9 Å². The van der Waals surface area contributed by atoms with Crippen LogP contribution in [0.5, 0.6) is 0 Å². The van der Waals surface area contributed by atoms with Gasteiger partial charge < -0.3 is 10.2 Å². The average molecular weight is 503 g/mol. The van der Waals surface area contributed by atoms with E-state index < -0.39 is 10.0 Å². The Morgan fingerprint density at radius 1 is 0.935 bits per heavy atom. The zero-order chi connectivity index (χ0) is 22.0. The van der Waals surface area contributed by atoms with Gasteiger partial charge in [0.05, 0.1) is 4.90 Å². The van der Waals surface area contributed by atoms with Crippen LogP contribution in [0.25, 0.3) is 0 Å². The molecule has 0 atom stereocenters. The van der Waals surface area contributed by atoms with Crippen molar-refractivity contribution in [2.24, 2.45) is 0 Å². The second-order valence-corrected chi connectivity index (χ2v) is 10.2. The normalized spacial score (nSPS) is 15.1. The Morgan fingerprint density at radius 3 is 2.32 bits per heavy atom. The molecular weight excluding hydrogens is 480 g/mol. The fourth-order valence-corrected chi connectivity index (χ4v) is 5.11. The van der Waals surface area contributed by atoms with Crippen LogP contribution in [-0.4, -0.2) is 53.9 Å². The molecule has 10 heteroatoms. The molecule has 0 spiro atoms. The molecule has 0 unspecified atom stereocenters. The molecule has 2 aromatic heterocycles. The Kier molecular flexibility index (Phi) is 6.22. The summed E-state index contributed by atoms with van der Waals surface area (Å²) in [5.74, 6) is 2.78. The van der Waals surface area contributed by atoms with Gasteiger partial charge in [-0.25, -0.2) is 23.4 Å². The van der Waals surface area contributed by atoms with Crippen LogP contribution in [0.3, 0.4) is 0 Å². The van der Waals surface area contributed by atoms with Gasteiger partial charge >= 0.3 is 0 Å². The van der Waals surface area contributed by atoms with Gasteiger partial charge in [0.2, 0.25) is 10.0 Å². The molecule has 0 saturated carbocycles. The van der Waals surface area contributed by atoms with E-state index in [9.17, 15) is 8.42 Å². The minimum atomic E-state index is -3.51. The number of benzene rings is 1. The van der Waals surface area contributed by atoms with Crippen molar-refractivity contribution in [3.05, 3.63) is 64.5 Å². The largest absolute Gasteiger partial charge is 0.354 e. The molecule has 1 saturated heterocycles. The maximum Gasteiger partial charge on any atom is 0.243 e. The number of aromatic nitrogens is 3. The highest BCUT2D eigenvalue weighted by Gasteiger charge is 2.29. The molecule has 31 heavy (non-hydrogen) atoms. The summed E-state index contributed by atoms with van der Waals surface area (Å²) < 4.78 is 28.2. The topological polar surface area (TPSA) is 91.3 Å². The number of pyridine rings is 1. The highest BCUT2D eigenvalue weighted by atomic mass is 79.9. The number of sulfonamides is 1. The molecule has 8 nitrogen and oxygen atoms in total. The number of nitrogens with one attached hydrogen (secondary N) is 1. The van der Waals surface area contributed by atoms with E-state index >= 15 is 0 Å². The fraction of sp³-hybridized carbons (Fsp3) is 0.286. The van der Waals surface area contributed by atoms with Crippen LogP contribution in [0.15, 0.2) is 58.0 Å². The first-order chi connectivity index (χ1) is 14.8. The molecule has 0 aliphatic carbocycles. The van der Waals surface area contributed by atoms with Crippen molar-refractivity contribution in [2.75, 3.05) is 36.4 Å². The number of hydrogen-bond acceptors (Lipinski definition) is 7. The molecule has 1 aliphatic heterocycles. The van der Waals surface area contributed by atoms with Gasteiger partial charge in [-0.05, 0) is 55.8 Å². The molecule has 0 amide bonds. The zero-order valence-corrected chi connectivity index (χ0v) is 19.7. The van der Waals surface area contributed by atoms with Gasteiger partial charge in [-0.3, -0.25) is 0 Å². The second kappa shape index (κ2) is 8.89. The standard InChI is InChI=1S/C21H23BrN6O2S/c1-15-7-8-23-19(13-15)26-20-14-21(25-16(2)24-20)27-9-11-28(12-10-27)31(29,30)18-5-3-17(22)4-6-18/h3-8,13-14H,9-12H2,1-2H3,(H,23,24,25,26). The van der Waals surface area contributed by atoms with E-state index in [2.05, 4.69) is 41.1 Å². The molecule has 0 bridgehead atoms. The maximum atomic E-state index is 12.9. The second-order valence-electron chi connectivity index (χ2n) is 7.35. The zero-order valence-electron chi connectivity index (χ0n) is 17.3. The van der Waals surface area contributed by atoms with E-state index in [1.807, 2.05) is 32.0 Å². The molecule has 4 rings (SSSR count).